The van der Waals surface area contributed by atoms with Crippen molar-refractivity contribution < 1.29 is 9.53 Å². The number of carbonyl (C=O) groups is 1. The summed E-state index contributed by atoms with van der Waals surface area (Å²) in [6.07, 6.45) is 0.316. The van der Waals surface area contributed by atoms with Crippen LogP contribution < -0.4 is 4.74 Å². The maximum absolute atomic E-state index is 11.8. The number of ether oxygens (including phenoxy) is 1. The first-order valence-electron chi connectivity index (χ1n) is 4.55. The third-order valence-electron chi connectivity index (χ3n) is 1.92. The lowest BCUT2D eigenvalue weighted by Crippen LogP contribution is -2.02. The molecule has 80 valence electrons. The molecule has 0 unspecified atom stereocenters. The quantitative estimate of drug-likeness (QED) is 0.578. The molecule has 1 rings (SSSR count). The lowest BCUT2D eigenvalue weighted by Gasteiger charge is -2.07. The largest absolute Gasteiger partial charge is 0.496 e. The summed E-state index contributed by atoms with van der Waals surface area (Å²) >= 11 is 5.82. The minimum absolute atomic E-state index is 0.0261. The van der Waals surface area contributed by atoms with Crippen LogP contribution in [0.2, 0.25) is 5.02 Å². The zero-order chi connectivity index (χ0) is 11.4. The number of Topliss-reactive ketones (excluding diaryl/α,β-unsaturated/α-hetero) is 1. The Morgan fingerprint density at radius 3 is 2.73 bits per heavy atom. The van der Waals surface area contributed by atoms with Crippen LogP contribution in [0.5, 0.6) is 5.75 Å². The fourth-order valence-electron chi connectivity index (χ4n) is 1.27. The average Bonchev–Trinajstić information content (AvgIpc) is 2.16. The van der Waals surface area contributed by atoms with Crippen LogP contribution in [0.25, 0.3) is 0 Å². The molecule has 0 atom stereocenters. The van der Waals surface area contributed by atoms with Gasteiger partial charge in [0.15, 0.2) is 5.78 Å². The van der Waals surface area contributed by atoms with Crippen molar-refractivity contribution in [3.63, 3.8) is 0 Å². The zero-order valence-corrected chi connectivity index (χ0v) is 9.60. The molecular weight excluding hydrogens is 212 g/mol. The maximum Gasteiger partial charge on any atom is 0.170 e. The van der Waals surface area contributed by atoms with E-state index >= 15 is 0 Å². The van der Waals surface area contributed by atoms with E-state index in [2.05, 4.69) is 6.58 Å². The Hall–Kier alpha value is -1.28. The van der Waals surface area contributed by atoms with Crippen LogP contribution in [0.3, 0.4) is 0 Å². The molecule has 0 spiro atoms. The van der Waals surface area contributed by atoms with E-state index in [9.17, 15) is 4.79 Å². The van der Waals surface area contributed by atoms with Gasteiger partial charge in [0.25, 0.3) is 0 Å². The number of methoxy groups -OCH3 is 1. The SMILES string of the molecule is C=C(C)CC(=O)c1cc(Cl)ccc1OC. The molecule has 15 heavy (non-hydrogen) atoms. The highest BCUT2D eigenvalue weighted by molar-refractivity contribution is 6.31. The molecule has 0 saturated heterocycles. The number of allylic oxidation sites excluding steroid dienone is 1. The number of benzene rings is 1. The van der Waals surface area contributed by atoms with Gasteiger partial charge < -0.3 is 4.74 Å². The number of ketones is 1. The number of halogens is 1. The predicted molar refractivity (Wildman–Crippen MR) is 61.8 cm³/mol. The van der Waals surface area contributed by atoms with E-state index < -0.39 is 0 Å². The topological polar surface area (TPSA) is 26.3 Å². The molecule has 0 aliphatic heterocycles. The van der Waals surface area contributed by atoms with Crippen molar-refractivity contribution >= 4 is 17.4 Å². The Balaban J connectivity index is 3.05. The molecular formula is C12H13ClO2. The van der Waals surface area contributed by atoms with Gasteiger partial charge >= 0.3 is 0 Å². The molecule has 0 amide bonds. The highest BCUT2D eigenvalue weighted by Gasteiger charge is 2.12. The molecule has 0 aliphatic carbocycles. The van der Waals surface area contributed by atoms with Gasteiger partial charge in [-0.25, -0.2) is 0 Å². The summed E-state index contributed by atoms with van der Waals surface area (Å²) in [5.74, 6) is 0.521. The van der Waals surface area contributed by atoms with Gasteiger partial charge in [-0.15, -0.1) is 0 Å². The fraction of sp³-hybridized carbons (Fsp3) is 0.250. The third-order valence-corrected chi connectivity index (χ3v) is 2.16. The maximum atomic E-state index is 11.8. The normalized spacial score (nSPS) is 9.80. The van der Waals surface area contributed by atoms with Crippen LogP contribution in [0.1, 0.15) is 23.7 Å². The first-order valence-corrected chi connectivity index (χ1v) is 4.93. The van der Waals surface area contributed by atoms with Crippen LogP contribution in [0, 0.1) is 0 Å². The summed E-state index contributed by atoms with van der Waals surface area (Å²) in [5, 5.41) is 0.529. The number of hydrogen-bond donors (Lipinski definition) is 0. The Morgan fingerprint density at radius 2 is 2.20 bits per heavy atom. The molecule has 0 fully saturated rings. The first-order chi connectivity index (χ1) is 7.04. The lowest BCUT2D eigenvalue weighted by atomic mass is 10.0. The van der Waals surface area contributed by atoms with Crippen molar-refractivity contribution in [1.29, 1.82) is 0 Å². The molecule has 0 aromatic heterocycles. The van der Waals surface area contributed by atoms with Crippen LogP contribution in [-0.2, 0) is 0 Å². The lowest BCUT2D eigenvalue weighted by molar-refractivity contribution is 0.0990. The zero-order valence-electron chi connectivity index (χ0n) is 8.84. The number of carbonyl (C=O) groups excluding carboxylic acids is 1. The van der Waals surface area contributed by atoms with Crippen molar-refractivity contribution in [1.82, 2.24) is 0 Å². The summed E-state index contributed by atoms with van der Waals surface area (Å²) in [4.78, 5) is 11.8. The second kappa shape index (κ2) is 4.99. The Bertz CT molecular complexity index is 397. The Labute approximate surface area is 94.5 Å². The van der Waals surface area contributed by atoms with Crippen LogP contribution in [0.15, 0.2) is 30.4 Å². The van der Waals surface area contributed by atoms with Crippen molar-refractivity contribution in [2.24, 2.45) is 0 Å². The molecule has 0 heterocycles. The van der Waals surface area contributed by atoms with Crippen molar-refractivity contribution in [3.8, 4) is 5.75 Å². The van der Waals surface area contributed by atoms with Gasteiger partial charge in [-0.2, -0.15) is 0 Å². The van der Waals surface area contributed by atoms with Gasteiger partial charge in [0.05, 0.1) is 12.7 Å². The van der Waals surface area contributed by atoms with Crippen LogP contribution in [-0.4, -0.2) is 12.9 Å². The van der Waals surface area contributed by atoms with E-state index in [0.29, 0.717) is 22.8 Å². The predicted octanol–water partition coefficient (Wildman–Crippen LogP) is 3.50. The summed E-state index contributed by atoms with van der Waals surface area (Å²) in [5.41, 5.74) is 1.33. The first kappa shape index (κ1) is 11.8. The number of rotatable bonds is 4. The Morgan fingerprint density at radius 1 is 1.53 bits per heavy atom. The van der Waals surface area contributed by atoms with Gasteiger partial charge in [-0.1, -0.05) is 23.8 Å². The van der Waals surface area contributed by atoms with E-state index in [1.807, 2.05) is 6.92 Å². The van der Waals surface area contributed by atoms with Gasteiger partial charge in [-0.3, -0.25) is 4.79 Å². The van der Waals surface area contributed by atoms with Crippen molar-refractivity contribution in [3.05, 3.63) is 40.9 Å². The van der Waals surface area contributed by atoms with E-state index in [0.717, 1.165) is 5.57 Å². The second-order valence-electron chi connectivity index (χ2n) is 3.40. The van der Waals surface area contributed by atoms with Gasteiger partial charge in [0.1, 0.15) is 5.75 Å². The third kappa shape index (κ3) is 3.10. The van der Waals surface area contributed by atoms with Crippen molar-refractivity contribution in [2.45, 2.75) is 13.3 Å². The fourth-order valence-corrected chi connectivity index (χ4v) is 1.44. The van der Waals surface area contributed by atoms with Gasteiger partial charge in [0.2, 0.25) is 0 Å². The molecule has 0 aliphatic rings. The molecule has 0 radical (unpaired) electrons. The standard InChI is InChI=1S/C12H13ClO2/c1-8(2)6-11(14)10-7-9(13)4-5-12(10)15-3/h4-5,7H,1,6H2,2-3H3. The van der Waals surface area contributed by atoms with E-state index in [4.69, 9.17) is 16.3 Å². The molecule has 2 nitrogen and oxygen atoms in total. The summed E-state index contributed by atoms with van der Waals surface area (Å²) < 4.78 is 5.09. The van der Waals surface area contributed by atoms with E-state index in [1.165, 1.54) is 7.11 Å². The Kier molecular flexibility index (Phi) is 3.92. The monoisotopic (exact) mass is 224 g/mol. The highest BCUT2D eigenvalue weighted by atomic mass is 35.5. The minimum atomic E-state index is -0.0261. The highest BCUT2D eigenvalue weighted by Crippen LogP contribution is 2.24. The minimum Gasteiger partial charge on any atom is -0.496 e. The molecule has 0 bridgehead atoms. The summed E-state index contributed by atoms with van der Waals surface area (Å²) in [6, 6.07) is 5.00. The van der Waals surface area contributed by atoms with Crippen LogP contribution in [0.4, 0.5) is 0 Å². The molecule has 0 N–H and O–H groups in total. The molecule has 3 heteroatoms. The second-order valence-corrected chi connectivity index (χ2v) is 3.84. The van der Waals surface area contributed by atoms with Gasteiger partial charge in [-0.05, 0) is 25.1 Å². The molecule has 0 saturated carbocycles. The molecule has 1 aromatic rings. The van der Waals surface area contributed by atoms with E-state index in [-0.39, 0.29) is 5.78 Å². The number of hydrogen-bond acceptors (Lipinski definition) is 2. The van der Waals surface area contributed by atoms with E-state index in [1.54, 1.807) is 18.2 Å². The summed E-state index contributed by atoms with van der Waals surface area (Å²) in [6.45, 7) is 5.52. The van der Waals surface area contributed by atoms with Gasteiger partial charge in [0, 0.05) is 11.4 Å². The average molecular weight is 225 g/mol. The molecule has 1 aromatic carbocycles. The smallest absolute Gasteiger partial charge is 0.170 e. The van der Waals surface area contributed by atoms with Crippen molar-refractivity contribution in [2.75, 3.05) is 7.11 Å². The summed E-state index contributed by atoms with van der Waals surface area (Å²) in [7, 11) is 1.53. The van der Waals surface area contributed by atoms with Crippen LogP contribution >= 0.6 is 11.6 Å².